The highest BCUT2D eigenvalue weighted by molar-refractivity contribution is 6.34. The molecule has 0 aromatic heterocycles. The van der Waals surface area contributed by atoms with Gasteiger partial charge in [-0.25, -0.2) is 4.90 Å². The van der Waals surface area contributed by atoms with Crippen molar-refractivity contribution >= 4 is 28.9 Å². The maximum absolute atomic E-state index is 13.4. The zero-order chi connectivity index (χ0) is 20.0. The molecule has 5 nitrogen and oxygen atoms in total. The van der Waals surface area contributed by atoms with Gasteiger partial charge in [0, 0.05) is 0 Å². The number of aryl methyl sites for hydroxylation is 1. The van der Waals surface area contributed by atoms with Crippen molar-refractivity contribution in [2.45, 2.75) is 13.0 Å². The van der Waals surface area contributed by atoms with E-state index in [0.29, 0.717) is 11.4 Å². The van der Waals surface area contributed by atoms with Gasteiger partial charge in [0.2, 0.25) is 5.91 Å². The van der Waals surface area contributed by atoms with Gasteiger partial charge in [0.15, 0.2) is 0 Å². The first-order valence-electron chi connectivity index (χ1n) is 9.58. The SMILES string of the molecule is Cc1ccc(N2C(=O)[C@H]3C(c4ccccc4)=NN(c4ccccc4)[C@@H]3C2=O)cc1. The van der Waals surface area contributed by atoms with E-state index in [2.05, 4.69) is 0 Å². The number of hydrogen-bond acceptors (Lipinski definition) is 4. The van der Waals surface area contributed by atoms with Crippen LogP contribution in [0.25, 0.3) is 0 Å². The number of imide groups is 1. The van der Waals surface area contributed by atoms with Crippen LogP contribution in [0.4, 0.5) is 11.4 Å². The largest absolute Gasteiger partial charge is 0.273 e. The fourth-order valence-electron chi connectivity index (χ4n) is 4.00. The van der Waals surface area contributed by atoms with Crippen LogP contribution in [0.5, 0.6) is 0 Å². The van der Waals surface area contributed by atoms with Crippen molar-refractivity contribution < 1.29 is 9.59 Å². The van der Waals surface area contributed by atoms with Crippen molar-refractivity contribution in [1.82, 2.24) is 0 Å². The number of carbonyl (C=O) groups is 2. The highest BCUT2D eigenvalue weighted by atomic mass is 16.2. The average Bonchev–Trinajstić information content (AvgIpc) is 3.27. The summed E-state index contributed by atoms with van der Waals surface area (Å²) in [5, 5.41) is 6.43. The molecule has 29 heavy (non-hydrogen) atoms. The number of fused-ring (bicyclic) bond motifs is 1. The zero-order valence-electron chi connectivity index (χ0n) is 15.9. The summed E-state index contributed by atoms with van der Waals surface area (Å²) < 4.78 is 0. The van der Waals surface area contributed by atoms with Crippen molar-refractivity contribution in [2.24, 2.45) is 11.0 Å². The monoisotopic (exact) mass is 381 g/mol. The molecule has 3 aromatic carbocycles. The average molecular weight is 381 g/mol. The molecule has 1 fully saturated rings. The minimum atomic E-state index is -0.679. The first kappa shape index (κ1) is 17.4. The Bertz CT molecular complexity index is 1110. The van der Waals surface area contributed by atoms with E-state index in [1.807, 2.05) is 91.9 Å². The van der Waals surface area contributed by atoms with Gasteiger partial charge < -0.3 is 0 Å². The summed E-state index contributed by atoms with van der Waals surface area (Å²) in [7, 11) is 0. The predicted octanol–water partition coefficient (Wildman–Crippen LogP) is 3.78. The molecule has 2 heterocycles. The second-order valence-electron chi connectivity index (χ2n) is 7.30. The summed E-state index contributed by atoms with van der Waals surface area (Å²) in [4.78, 5) is 28.2. The Morgan fingerprint density at radius 2 is 1.34 bits per heavy atom. The molecule has 0 radical (unpaired) electrons. The minimum Gasteiger partial charge on any atom is -0.273 e. The lowest BCUT2D eigenvalue weighted by atomic mass is 9.93. The smallest absolute Gasteiger partial charge is 0.259 e. The molecule has 5 heteroatoms. The van der Waals surface area contributed by atoms with Gasteiger partial charge >= 0.3 is 0 Å². The molecule has 1 saturated heterocycles. The molecule has 0 saturated carbocycles. The van der Waals surface area contributed by atoms with Gasteiger partial charge in [-0.05, 0) is 36.8 Å². The Balaban J connectivity index is 1.63. The van der Waals surface area contributed by atoms with E-state index in [4.69, 9.17) is 5.10 Å². The van der Waals surface area contributed by atoms with Gasteiger partial charge in [-0.2, -0.15) is 5.10 Å². The van der Waals surface area contributed by atoms with Crippen LogP contribution >= 0.6 is 0 Å². The molecular weight excluding hydrogens is 362 g/mol. The number of anilines is 2. The number of hydrazone groups is 1. The Morgan fingerprint density at radius 3 is 2.00 bits per heavy atom. The van der Waals surface area contributed by atoms with Crippen molar-refractivity contribution in [2.75, 3.05) is 9.91 Å². The topological polar surface area (TPSA) is 53.0 Å². The summed E-state index contributed by atoms with van der Waals surface area (Å²) in [5.74, 6) is -1.11. The minimum absolute atomic E-state index is 0.232. The van der Waals surface area contributed by atoms with Crippen LogP contribution in [0, 0.1) is 12.8 Å². The molecule has 2 aliphatic rings. The van der Waals surface area contributed by atoms with E-state index in [1.54, 1.807) is 5.01 Å². The van der Waals surface area contributed by atoms with E-state index in [0.717, 1.165) is 16.8 Å². The van der Waals surface area contributed by atoms with E-state index in [1.165, 1.54) is 4.90 Å². The second kappa shape index (κ2) is 6.71. The van der Waals surface area contributed by atoms with Crippen molar-refractivity contribution in [1.29, 1.82) is 0 Å². The molecule has 2 aliphatic heterocycles. The van der Waals surface area contributed by atoms with Crippen LogP contribution in [0.3, 0.4) is 0 Å². The number of para-hydroxylation sites is 1. The Labute approximate surface area is 168 Å². The maximum Gasteiger partial charge on any atom is 0.259 e. The molecule has 5 rings (SSSR count). The van der Waals surface area contributed by atoms with Crippen LogP contribution in [0.15, 0.2) is 90.0 Å². The Morgan fingerprint density at radius 1 is 0.724 bits per heavy atom. The Hall–Kier alpha value is -3.73. The summed E-state index contributed by atoms with van der Waals surface area (Å²) in [6.07, 6.45) is 0. The number of amides is 2. The number of carbonyl (C=O) groups excluding carboxylic acids is 2. The summed E-state index contributed by atoms with van der Waals surface area (Å²) >= 11 is 0. The molecule has 0 N–H and O–H groups in total. The lowest BCUT2D eigenvalue weighted by Gasteiger charge is -2.22. The summed E-state index contributed by atoms with van der Waals surface area (Å²) in [6, 6.07) is 25.9. The fraction of sp³-hybridized carbons (Fsp3) is 0.125. The van der Waals surface area contributed by atoms with Gasteiger partial charge in [-0.15, -0.1) is 0 Å². The predicted molar refractivity (Wildman–Crippen MR) is 113 cm³/mol. The molecule has 2 atom stereocenters. The molecular formula is C24H19N3O2. The Kier molecular flexibility index (Phi) is 4.02. The maximum atomic E-state index is 13.4. The third kappa shape index (κ3) is 2.74. The van der Waals surface area contributed by atoms with Gasteiger partial charge in [-0.1, -0.05) is 66.2 Å². The zero-order valence-corrected chi connectivity index (χ0v) is 15.9. The van der Waals surface area contributed by atoms with Crippen LogP contribution < -0.4 is 9.91 Å². The highest BCUT2D eigenvalue weighted by Gasteiger charge is 2.57. The van der Waals surface area contributed by atoms with E-state index in [9.17, 15) is 9.59 Å². The summed E-state index contributed by atoms with van der Waals surface area (Å²) in [5.41, 5.74) is 3.95. The third-order valence-corrected chi connectivity index (χ3v) is 5.43. The second-order valence-corrected chi connectivity index (χ2v) is 7.30. The van der Waals surface area contributed by atoms with Crippen LogP contribution in [0.2, 0.25) is 0 Å². The van der Waals surface area contributed by atoms with Crippen molar-refractivity contribution in [3.8, 4) is 0 Å². The number of hydrogen-bond donors (Lipinski definition) is 0. The first-order chi connectivity index (χ1) is 14.1. The number of nitrogens with zero attached hydrogens (tertiary/aromatic N) is 3. The molecule has 0 aliphatic carbocycles. The van der Waals surface area contributed by atoms with Crippen molar-refractivity contribution in [3.63, 3.8) is 0 Å². The normalized spacial score (nSPS) is 20.8. The van der Waals surface area contributed by atoms with Crippen molar-refractivity contribution in [3.05, 3.63) is 96.1 Å². The number of rotatable bonds is 3. The van der Waals surface area contributed by atoms with Gasteiger partial charge in [-0.3, -0.25) is 14.6 Å². The molecule has 0 spiro atoms. The van der Waals surface area contributed by atoms with Crippen LogP contribution in [0.1, 0.15) is 11.1 Å². The number of benzene rings is 3. The molecule has 142 valence electrons. The van der Waals surface area contributed by atoms with Gasteiger partial charge in [0.25, 0.3) is 5.91 Å². The lowest BCUT2D eigenvalue weighted by Crippen LogP contribution is -2.39. The van der Waals surface area contributed by atoms with Gasteiger partial charge in [0.05, 0.1) is 17.1 Å². The van der Waals surface area contributed by atoms with Crippen LogP contribution in [-0.2, 0) is 9.59 Å². The fourth-order valence-corrected chi connectivity index (χ4v) is 4.00. The standard InChI is InChI=1S/C24H19N3O2/c1-16-12-14-18(15-13-16)26-23(28)20-21(17-8-4-2-5-9-17)25-27(22(20)24(26)29)19-10-6-3-7-11-19/h2-15,20,22H,1H3/t20-,22-/m0/s1. The molecule has 0 unspecified atom stereocenters. The van der Waals surface area contributed by atoms with Crippen LogP contribution in [-0.4, -0.2) is 23.6 Å². The third-order valence-electron chi connectivity index (χ3n) is 5.43. The van der Waals surface area contributed by atoms with E-state index >= 15 is 0 Å². The lowest BCUT2D eigenvalue weighted by molar-refractivity contribution is -0.121. The first-order valence-corrected chi connectivity index (χ1v) is 9.58. The molecule has 3 aromatic rings. The molecule has 2 amide bonds. The van der Waals surface area contributed by atoms with E-state index < -0.39 is 12.0 Å². The summed E-state index contributed by atoms with van der Waals surface area (Å²) in [6.45, 7) is 1.98. The highest BCUT2D eigenvalue weighted by Crippen LogP contribution is 2.39. The van der Waals surface area contributed by atoms with Gasteiger partial charge in [0.1, 0.15) is 12.0 Å². The quantitative estimate of drug-likeness (QED) is 0.649. The van der Waals surface area contributed by atoms with E-state index in [-0.39, 0.29) is 11.8 Å². The molecule has 0 bridgehead atoms.